The molecule has 1 heterocycles. The summed E-state index contributed by atoms with van der Waals surface area (Å²) in [5.74, 6) is 0. The average Bonchev–Trinajstić information content (AvgIpc) is 2.45. The minimum atomic E-state index is 0.532. The molecule has 0 unspecified atom stereocenters. The fraction of sp³-hybridized carbons (Fsp3) is 0.667. The Morgan fingerprint density at radius 3 is 2.92 bits per heavy atom. The quantitative estimate of drug-likeness (QED) is 0.607. The number of methoxy groups -OCH3 is 1. The van der Waals surface area contributed by atoms with Gasteiger partial charge >= 0.3 is 0 Å². The highest BCUT2D eigenvalue weighted by Gasteiger charge is 1.99. The van der Waals surface area contributed by atoms with Gasteiger partial charge in [-0.15, -0.1) is 0 Å². The van der Waals surface area contributed by atoms with Gasteiger partial charge in [0.25, 0.3) is 0 Å². The van der Waals surface area contributed by atoms with Crippen LogP contribution in [0.5, 0.6) is 0 Å². The molecule has 0 aliphatic rings. The molecule has 4 nitrogen and oxygen atoms in total. The highest BCUT2D eigenvalue weighted by atomic mass is 127. The van der Waals surface area contributed by atoms with Crippen LogP contribution in [0.2, 0.25) is 0 Å². The molecule has 0 amide bonds. The molecule has 0 N–H and O–H groups in total. The van der Waals surface area contributed by atoms with E-state index in [2.05, 4.69) is 31.9 Å². The molecule has 0 aromatic carbocycles. The molecule has 68 valence electrons. The summed E-state index contributed by atoms with van der Waals surface area (Å²) in [7, 11) is 1.65. The summed E-state index contributed by atoms with van der Waals surface area (Å²) in [5, 5.41) is 0.913. The second kappa shape index (κ2) is 5.79. The number of halogens is 1. The van der Waals surface area contributed by atoms with Gasteiger partial charge < -0.3 is 9.47 Å². The lowest BCUT2D eigenvalue weighted by molar-refractivity contribution is 0.0615. The van der Waals surface area contributed by atoms with Crippen molar-refractivity contribution in [1.29, 1.82) is 0 Å². The monoisotopic (exact) mass is 300 g/mol. The van der Waals surface area contributed by atoms with E-state index in [1.54, 1.807) is 7.11 Å². The molecule has 1 aromatic heterocycles. The number of nitrogens with zero attached hydrogens (tertiary/aromatic N) is 2. The summed E-state index contributed by atoms with van der Waals surface area (Å²) in [6, 6.07) is 0. The standard InChI is InChI=1S/C6H9IN2O2S/c1-10-2-3-11-4-5-8-6(7)9-12-5/h2-4H2,1H3. The van der Waals surface area contributed by atoms with Crippen LogP contribution in [-0.4, -0.2) is 29.7 Å². The number of ether oxygens (including phenoxy) is 2. The van der Waals surface area contributed by atoms with Crippen LogP contribution in [0.4, 0.5) is 0 Å². The minimum Gasteiger partial charge on any atom is -0.382 e. The van der Waals surface area contributed by atoms with Gasteiger partial charge in [0, 0.05) is 29.7 Å². The zero-order valence-electron chi connectivity index (χ0n) is 6.62. The van der Waals surface area contributed by atoms with Gasteiger partial charge in [-0.3, -0.25) is 0 Å². The van der Waals surface area contributed by atoms with Crippen molar-refractivity contribution in [3.63, 3.8) is 0 Å². The first-order valence-electron chi connectivity index (χ1n) is 3.37. The molecule has 0 aliphatic heterocycles. The Balaban J connectivity index is 2.15. The fourth-order valence-corrected chi connectivity index (χ4v) is 1.83. The highest BCUT2D eigenvalue weighted by molar-refractivity contribution is 14.1. The Morgan fingerprint density at radius 2 is 2.33 bits per heavy atom. The molecule has 12 heavy (non-hydrogen) atoms. The average molecular weight is 300 g/mol. The van der Waals surface area contributed by atoms with E-state index in [1.165, 1.54) is 11.5 Å². The van der Waals surface area contributed by atoms with Crippen molar-refractivity contribution >= 4 is 34.1 Å². The second-order valence-electron chi connectivity index (χ2n) is 2.00. The summed E-state index contributed by atoms with van der Waals surface area (Å²) in [5.41, 5.74) is 0. The predicted molar refractivity (Wildman–Crippen MR) is 54.2 cm³/mol. The Kier molecular flexibility index (Phi) is 4.96. The van der Waals surface area contributed by atoms with E-state index in [0.717, 1.165) is 8.84 Å². The van der Waals surface area contributed by atoms with Gasteiger partial charge in [0.15, 0.2) is 0 Å². The Labute approximate surface area is 88.6 Å². The van der Waals surface area contributed by atoms with E-state index < -0.39 is 0 Å². The minimum absolute atomic E-state index is 0.532. The summed E-state index contributed by atoms with van der Waals surface area (Å²) < 4.78 is 14.9. The molecule has 6 heteroatoms. The molecule has 0 fully saturated rings. The summed E-state index contributed by atoms with van der Waals surface area (Å²) >= 11 is 3.45. The number of hydrogen-bond donors (Lipinski definition) is 0. The van der Waals surface area contributed by atoms with Crippen molar-refractivity contribution in [3.8, 4) is 0 Å². The molecule has 1 rings (SSSR count). The van der Waals surface area contributed by atoms with Gasteiger partial charge in [-0.1, -0.05) is 0 Å². The van der Waals surface area contributed by atoms with Gasteiger partial charge in [0.05, 0.1) is 13.2 Å². The molecule has 1 aromatic rings. The van der Waals surface area contributed by atoms with Crippen LogP contribution in [0.25, 0.3) is 0 Å². The first-order chi connectivity index (χ1) is 5.83. The van der Waals surface area contributed by atoms with Gasteiger partial charge in [-0.05, 0) is 11.5 Å². The van der Waals surface area contributed by atoms with Crippen molar-refractivity contribution < 1.29 is 9.47 Å². The molecule has 0 atom stereocenters. The molecule has 0 spiro atoms. The lowest BCUT2D eigenvalue weighted by Crippen LogP contribution is -2.01. The van der Waals surface area contributed by atoms with Crippen molar-refractivity contribution in [2.24, 2.45) is 0 Å². The van der Waals surface area contributed by atoms with E-state index in [0.29, 0.717) is 19.8 Å². The third-order valence-corrected chi connectivity index (χ3v) is 2.59. The van der Waals surface area contributed by atoms with Crippen LogP contribution in [0.3, 0.4) is 0 Å². The fourth-order valence-electron chi connectivity index (χ4n) is 0.594. The molecule has 0 bridgehead atoms. The number of rotatable bonds is 5. The first-order valence-corrected chi connectivity index (χ1v) is 5.23. The lowest BCUT2D eigenvalue weighted by atomic mass is 10.7. The molecule has 0 aliphatic carbocycles. The summed E-state index contributed by atoms with van der Waals surface area (Å²) in [6.07, 6.45) is 0. The molecule has 0 saturated heterocycles. The maximum Gasteiger partial charge on any atom is 0.203 e. The molecule has 0 saturated carbocycles. The summed E-state index contributed by atoms with van der Waals surface area (Å²) in [4.78, 5) is 4.14. The molecule has 0 radical (unpaired) electrons. The van der Waals surface area contributed by atoms with Crippen molar-refractivity contribution in [2.45, 2.75) is 6.61 Å². The lowest BCUT2D eigenvalue weighted by Gasteiger charge is -1.98. The third-order valence-electron chi connectivity index (χ3n) is 1.10. The third kappa shape index (κ3) is 3.74. The van der Waals surface area contributed by atoms with Gasteiger partial charge in [0.1, 0.15) is 11.6 Å². The maximum absolute atomic E-state index is 5.25. The van der Waals surface area contributed by atoms with Crippen molar-refractivity contribution in [2.75, 3.05) is 20.3 Å². The SMILES string of the molecule is COCCOCc1nc(I)ns1. The first kappa shape index (κ1) is 10.3. The van der Waals surface area contributed by atoms with Gasteiger partial charge in [-0.25, -0.2) is 4.98 Å². The Hall–Kier alpha value is 0.210. The van der Waals surface area contributed by atoms with E-state index in [9.17, 15) is 0 Å². The van der Waals surface area contributed by atoms with Gasteiger partial charge in [0.2, 0.25) is 3.83 Å². The smallest absolute Gasteiger partial charge is 0.203 e. The zero-order chi connectivity index (χ0) is 8.81. The maximum atomic E-state index is 5.25. The second-order valence-corrected chi connectivity index (χ2v) is 3.80. The van der Waals surface area contributed by atoms with Gasteiger partial charge in [-0.2, -0.15) is 4.37 Å². The van der Waals surface area contributed by atoms with E-state index in [4.69, 9.17) is 9.47 Å². The van der Waals surface area contributed by atoms with Crippen LogP contribution in [0.1, 0.15) is 5.01 Å². The Bertz CT molecular complexity index is 231. The largest absolute Gasteiger partial charge is 0.382 e. The van der Waals surface area contributed by atoms with Crippen LogP contribution >= 0.6 is 34.1 Å². The number of aromatic nitrogens is 2. The summed E-state index contributed by atoms with van der Waals surface area (Å²) in [6.45, 7) is 1.76. The van der Waals surface area contributed by atoms with Crippen LogP contribution in [0, 0.1) is 3.83 Å². The van der Waals surface area contributed by atoms with Crippen molar-refractivity contribution in [1.82, 2.24) is 9.36 Å². The topological polar surface area (TPSA) is 44.2 Å². The van der Waals surface area contributed by atoms with Crippen molar-refractivity contribution in [3.05, 3.63) is 8.84 Å². The van der Waals surface area contributed by atoms with Crippen LogP contribution in [-0.2, 0) is 16.1 Å². The molecular weight excluding hydrogens is 291 g/mol. The van der Waals surface area contributed by atoms with Crippen LogP contribution < -0.4 is 0 Å². The van der Waals surface area contributed by atoms with E-state index >= 15 is 0 Å². The normalized spacial score (nSPS) is 10.5. The van der Waals surface area contributed by atoms with Crippen LogP contribution in [0.15, 0.2) is 0 Å². The molecular formula is C6H9IN2O2S. The zero-order valence-corrected chi connectivity index (χ0v) is 9.59. The Morgan fingerprint density at radius 1 is 1.50 bits per heavy atom. The van der Waals surface area contributed by atoms with E-state index in [-0.39, 0.29) is 0 Å². The highest BCUT2D eigenvalue weighted by Crippen LogP contribution is 2.07. The number of hydrogen-bond acceptors (Lipinski definition) is 5. The van der Waals surface area contributed by atoms with E-state index in [1.807, 2.05) is 0 Å². The predicted octanol–water partition coefficient (Wildman–Crippen LogP) is 1.31.